The SMILES string of the molecule is CCC(O)(CC)CNC(C)c1ccc(C#N)c(F)c1. The van der Waals surface area contributed by atoms with Crippen LogP contribution in [0.2, 0.25) is 0 Å². The lowest BCUT2D eigenvalue weighted by molar-refractivity contribution is 0.0303. The number of hydrogen-bond donors (Lipinski definition) is 2. The average molecular weight is 264 g/mol. The standard InChI is InChI=1S/C15H21FN2O/c1-4-15(19,5-2)10-18-11(3)12-6-7-13(9-17)14(16)8-12/h6-8,11,18-19H,4-5,10H2,1-3H3. The van der Waals surface area contributed by atoms with Crippen molar-refractivity contribution in [2.45, 2.75) is 45.3 Å². The van der Waals surface area contributed by atoms with E-state index in [1.54, 1.807) is 12.1 Å². The van der Waals surface area contributed by atoms with Crippen molar-refractivity contribution < 1.29 is 9.50 Å². The van der Waals surface area contributed by atoms with Crippen molar-refractivity contribution in [2.75, 3.05) is 6.54 Å². The van der Waals surface area contributed by atoms with E-state index in [1.807, 2.05) is 20.8 Å². The molecule has 1 atom stereocenters. The molecular weight excluding hydrogens is 243 g/mol. The fraction of sp³-hybridized carbons (Fsp3) is 0.533. The molecule has 0 aliphatic rings. The number of nitrogens with zero attached hydrogens (tertiary/aromatic N) is 1. The van der Waals surface area contributed by atoms with E-state index in [1.165, 1.54) is 12.1 Å². The Hall–Kier alpha value is -1.44. The molecule has 0 saturated heterocycles. The molecule has 104 valence electrons. The van der Waals surface area contributed by atoms with Gasteiger partial charge >= 0.3 is 0 Å². The Bertz CT molecular complexity index is 464. The van der Waals surface area contributed by atoms with Crippen molar-refractivity contribution in [1.82, 2.24) is 5.32 Å². The molecule has 19 heavy (non-hydrogen) atoms. The van der Waals surface area contributed by atoms with Crippen molar-refractivity contribution in [3.05, 3.63) is 35.1 Å². The second kappa shape index (κ2) is 6.65. The lowest BCUT2D eigenvalue weighted by atomic mass is 9.96. The van der Waals surface area contributed by atoms with Crippen molar-refractivity contribution >= 4 is 0 Å². The first kappa shape index (κ1) is 15.6. The highest BCUT2D eigenvalue weighted by molar-refractivity contribution is 5.34. The fourth-order valence-corrected chi connectivity index (χ4v) is 1.85. The summed E-state index contributed by atoms with van der Waals surface area (Å²) in [5.41, 5.74) is 0.0972. The van der Waals surface area contributed by atoms with E-state index in [-0.39, 0.29) is 11.6 Å². The molecule has 0 amide bonds. The number of halogens is 1. The van der Waals surface area contributed by atoms with Crippen molar-refractivity contribution in [1.29, 1.82) is 5.26 Å². The molecule has 0 saturated carbocycles. The van der Waals surface area contributed by atoms with Gasteiger partial charge in [-0.05, 0) is 37.5 Å². The Morgan fingerprint density at radius 1 is 1.42 bits per heavy atom. The Labute approximate surface area is 114 Å². The van der Waals surface area contributed by atoms with Crippen LogP contribution < -0.4 is 5.32 Å². The summed E-state index contributed by atoms with van der Waals surface area (Å²) in [5.74, 6) is -0.505. The minimum absolute atomic E-state index is 0.0505. The van der Waals surface area contributed by atoms with Crippen LogP contribution in [0.25, 0.3) is 0 Å². The summed E-state index contributed by atoms with van der Waals surface area (Å²) in [6.45, 7) is 6.25. The normalized spacial score (nSPS) is 13.1. The summed E-state index contributed by atoms with van der Waals surface area (Å²) < 4.78 is 13.5. The topological polar surface area (TPSA) is 56.0 Å². The molecule has 0 bridgehead atoms. The molecular formula is C15H21FN2O. The molecule has 0 aromatic heterocycles. The highest BCUT2D eigenvalue weighted by atomic mass is 19.1. The lowest BCUT2D eigenvalue weighted by Crippen LogP contribution is -2.40. The van der Waals surface area contributed by atoms with Crippen LogP contribution in [0.4, 0.5) is 4.39 Å². The van der Waals surface area contributed by atoms with Gasteiger partial charge in [-0.15, -0.1) is 0 Å². The van der Waals surface area contributed by atoms with Gasteiger partial charge in [0.15, 0.2) is 0 Å². The van der Waals surface area contributed by atoms with E-state index in [2.05, 4.69) is 5.32 Å². The summed E-state index contributed by atoms with van der Waals surface area (Å²) >= 11 is 0. The van der Waals surface area contributed by atoms with Gasteiger partial charge in [-0.1, -0.05) is 19.9 Å². The predicted octanol–water partition coefficient (Wildman–Crippen LogP) is 2.90. The maximum absolute atomic E-state index is 13.5. The van der Waals surface area contributed by atoms with Crippen LogP contribution in [0, 0.1) is 17.1 Å². The Morgan fingerprint density at radius 2 is 2.05 bits per heavy atom. The Kier molecular flexibility index (Phi) is 5.46. The highest BCUT2D eigenvalue weighted by Gasteiger charge is 2.22. The zero-order valence-electron chi connectivity index (χ0n) is 11.7. The van der Waals surface area contributed by atoms with E-state index in [4.69, 9.17) is 5.26 Å². The summed E-state index contributed by atoms with van der Waals surface area (Å²) in [6, 6.07) is 6.30. The summed E-state index contributed by atoms with van der Waals surface area (Å²) in [4.78, 5) is 0. The quantitative estimate of drug-likeness (QED) is 0.830. The zero-order chi connectivity index (χ0) is 14.5. The van der Waals surface area contributed by atoms with Crippen molar-refractivity contribution in [3.63, 3.8) is 0 Å². The van der Waals surface area contributed by atoms with Gasteiger partial charge in [0.05, 0.1) is 11.2 Å². The first-order valence-electron chi connectivity index (χ1n) is 6.61. The van der Waals surface area contributed by atoms with Gasteiger partial charge in [0.2, 0.25) is 0 Å². The first-order valence-corrected chi connectivity index (χ1v) is 6.61. The molecule has 0 spiro atoms. The minimum atomic E-state index is -0.723. The number of nitriles is 1. The van der Waals surface area contributed by atoms with Crippen LogP contribution in [-0.4, -0.2) is 17.3 Å². The number of aliphatic hydroxyl groups is 1. The third kappa shape index (κ3) is 4.02. The summed E-state index contributed by atoms with van der Waals surface area (Å²) in [7, 11) is 0. The first-order chi connectivity index (χ1) is 8.95. The van der Waals surface area contributed by atoms with Crippen molar-refractivity contribution in [3.8, 4) is 6.07 Å². The summed E-state index contributed by atoms with van der Waals surface area (Å²) in [5, 5.41) is 22.1. The molecule has 1 aromatic rings. The maximum atomic E-state index is 13.5. The number of hydrogen-bond acceptors (Lipinski definition) is 3. The fourth-order valence-electron chi connectivity index (χ4n) is 1.85. The molecule has 4 heteroatoms. The third-order valence-electron chi connectivity index (χ3n) is 3.67. The Balaban J connectivity index is 2.71. The Morgan fingerprint density at radius 3 is 2.53 bits per heavy atom. The second-order valence-electron chi connectivity index (χ2n) is 4.89. The molecule has 1 rings (SSSR count). The van der Waals surface area contributed by atoms with Gasteiger partial charge in [0.25, 0.3) is 0 Å². The van der Waals surface area contributed by atoms with Gasteiger partial charge < -0.3 is 10.4 Å². The highest BCUT2D eigenvalue weighted by Crippen LogP contribution is 2.19. The molecule has 0 heterocycles. The number of benzene rings is 1. The monoisotopic (exact) mass is 264 g/mol. The van der Waals surface area contributed by atoms with Gasteiger partial charge in [-0.3, -0.25) is 0 Å². The molecule has 0 aliphatic carbocycles. The lowest BCUT2D eigenvalue weighted by Gasteiger charge is -2.27. The van der Waals surface area contributed by atoms with E-state index in [0.29, 0.717) is 19.4 Å². The van der Waals surface area contributed by atoms with Crippen LogP contribution in [0.3, 0.4) is 0 Å². The van der Waals surface area contributed by atoms with E-state index in [9.17, 15) is 9.50 Å². The molecule has 3 nitrogen and oxygen atoms in total. The average Bonchev–Trinajstić information content (AvgIpc) is 2.44. The zero-order valence-corrected chi connectivity index (χ0v) is 11.7. The van der Waals surface area contributed by atoms with Gasteiger partial charge in [-0.2, -0.15) is 5.26 Å². The maximum Gasteiger partial charge on any atom is 0.141 e. The van der Waals surface area contributed by atoms with Gasteiger partial charge in [0.1, 0.15) is 11.9 Å². The van der Waals surface area contributed by atoms with E-state index < -0.39 is 11.4 Å². The third-order valence-corrected chi connectivity index (χ3v) is 3.67. The van der Waals surface area contributed by atoms with Crippen LogP contribution in [0.15, 0.2) is 18.2 Å². The molecule has 2 N–H and O–H groups in total. The van der Waals surface area contributed by atoms with E-state index >= 15 is 0 Å². The van der Waals surface area contributed by atoms with E-state index in [0.717, 1.165) is 5.56 Å². The van der Waals surface area contributed by atoms with Crippen LogP contribution in [0.1, 0.15) is 50.8 Å². The van der Waals surface area contributed by atoms with Crippen LogP contribution >= 0.6 is 0 Å². The smallest absolute Gasteiger partial charge is 0.141 e. The molecule has 0 fully saturated rings. The number of nitrogens with one attached hydrogen (secondary N) is 1. The largest absolute Gasteiger partial charge is 0.389 e. The van der Waals surface area contributed by atoms with Crippen molar-refractivity contribution in [2.24, 2.45) is 0 Å². The van der Waals surface area contributed by atoms with Crippen LogP contribution in [-0.2, 0) is 0 Å². The number of rotatable bonds is 6. The van der Waals surface area contributed by atoms with Gasteiger partial charge in [0, 0.05) is 12.6 Å². The molecule has 1 unspecified atom stereocenters. The molecule has 0 radical (unpaired) electrons. The van der Waals surface area contributed by atoms with Crippen LogP contribution in [0.5, 0.6) is 0 Å². The van der Waals surface area contributed by atoms with Gasteiger partial charge in [-0.25, -0.2) is 4.39 Å². The molecule has 0 aliphatic heterocycles. The summed E-state index contributed by atoms with van der Waals surface area (Å²) in [6.07, 6.45) is 1.34. The molecule has 1 aromatic carbocycles. The second-order valence-corrected chi connectivity index (χ2v) is 4.89. The predicted molar refractivity (Wildman–Crippen MR) is 73.1 cm³/mol. The minimum Gasteiger partial charge on any atom is -0.389 e.